The van der Waals surface area contributed by atoms with E-state index in [4.69, 9.17) is 0 Å². The molecule has 20 heavy (non-hydrogen) atoms. The van der Waals surface area contributed by atoms with Crippen molar-refractivity contribution in [2.45, 2.75) is 6.42 Å². The standard InChI is InChI=1S/C13H15N3O3S/c1-20(19)9-3-7-14-11-6-8-15-13-10(11)4-2-5-12(13)16(17)18/h2,4-6,8H,3,7,9H2,1H3,(H,14,15). The maximum Gasteiger partial charge on any atom is 0.295 e. The second-order valence-electron chi connectivity index (χ2n) is 4.35. The highest BCUT2D eigenvalue weighted by molar-refractivity contribution is 7.84. The molecule has 0 bridgehead atoms. The number of fused-ring (bicyclic) bond motifs is 1. The summed E-state index contributed by atoms with van der Waals surface area (Å²) >= 11 is 0. The Kier molecular flexibility index (Phi) is 4.62. The molecule has 0 saturated carbocycles. The summed E-state index contributed by atoms with van der Waals surface area (Å²) < 4.78 is 11.0. The van der Waals surface area contributed by atoms with Crippen molar-refractivity contribution < 1.29 is 9.13 Å². The van der Waals surface area contributed by atoms with Crippen LogP contribution in [0.15, 0.2) is 30.5 Å². The van der Waals surface area contributed by atoms with E-state index in [1.807, 2.05) is 0 Å². The maximum atomic E-state index is 11.0. The molecule has 1 unspecified atom stereocenters. The van der Waals surface area contributed by atoms with Crippen LogP contribution in [-0.4, -0.2) is 32.7 Å². The van der Waals surface area contributed by atoms with Crippen LogP contribution in [0.25, 0.3) is 10.9 Å². The number of pyridine rings is 1. The van der Waals surface area contributed by atoms with Gasteiger partial charge in [0.05, 0.1) is 4.92 Å². The van der Waals surface area contributed by atoms with E-state index in [9.17, 15) is 14.3 Å². The molecular formula is C13H15N3O3S. The molecule has 0 aliphatic heterocycles. The van der Waals surface area contributed by atoms with Crippen LogP contribution in [0, 0.1) is 10.1 Å². The minimum absolute atomic E-state index is 0.000752. The molecular weight excluding hydrogens is 278 g/mol. The molecule has 1 atom stereocenters. The fourth-order valence-electron chi connectivity index (χ4n) is 1.96. The van der Waals surface area contributed by atoms with Gasteiger partial charge in [0.1, 0.15) is 5.52 Å². The van der Waals surface area contributed by atoms with E-state index in [-0.39, 0.29) is 5.69 Å². The molecule has 106 valence electrons. The summed E-state index contributed by atoms with van der Waals surface area (Å²) in [6.45, 7) is 0.668. The maximum absolute atomic E-state index is 11.0. The highest BCUT2D eigenvalue weighted by atomic mass is 32.2. The third kappa shape index (κ3) is 3.30. The number of rotatable bonds is 6. The van der Waals surface area contributed by atoms with Gasteiger partial charge in [0.2, 0.25) is 0 Å². The van der Waals surface area contributed by atoms with Gasteiger partial charge in [-0.1, -0.05) is 12.1 Å². The lowest BCUT2D eigenvalue weighted by atomic mass is 10.1. The van der Waals surface area contributed by atoms with E-state index < -0.39 is 15.7 Å². The highest BCUT2D eigenvalue weighted by Crippen LogP contribution is 2.28. The SMILES string of the molecule is CS(=O)CCCNc1ccnc2c([N+](=O)[O-])cccc12. The molecule has 0 amide bonds. The van der Waals surface area contributed by atoms with Crippen LogP contribution in [0.5, 0.6) is 0 Å². The Labute approximate surface area is 118 Å². The Balaban J connectivity index is 2.24. The molecule has 6 nitrogen and oxygen atoms in total. The van der Waals surface area contributed by atoms with E-state index in [1.54, 1.807) is 30.7 Å². The van der Waals surface area contributed by atoms with Crippen LogP contribution in [-0.2, 0) is 10.8 Å². The number of non-ortho nitro benzene ring substituents is 1. The molecule has 7 heteroatoms. The average Bonchev–Trinajstić information content (AvgIpc) is 2.42. The normalized spacial score (nSPS) is 12.2. The number of nitrogens with zero attached hydrogens (tertiary/aromatic N) is 2. The monoisotopic (exact) mass is 293 g/mol. The molecule has 0 fully saturated rings. The average molecular weight is 293 g/mol. The first-order valence-electron chi connectivity index (χ1n) is 6.15. The first kappa shape index (κ1) is 14.4. The van der Waals surface area contributed by atoms with Gasteiger partial charge >= 0.3 is 0 Å². The van der Waals surface area contributed by atoms with Gasteiger partial charge in [0.25, 0.3) is 5.69 Å². The smallest absolute Gasteiger partial charge is 0.295 e. The topological polar surface area (TPSA) is 85.1 Å². The van der Waals surface area contributed by atoms with Gasteiger partial charge in [-0.2, -0.15) is 0 Å². The van der Waals surface area contributed by atoms with Crippen LogP contribution in [0.2, 0.25) is 0 Å². The predicted octanol–water partition coefficient (Wildman–Crippen LogP) is 2.32. The number of aromatic nitrogens is 1. The van der Waals surface area contributed by atoms with Gasteiger partial charge in [-0.05, 0) is 12.5 Å². The molecule has 1 aromatic heterocycles. The van der Waals surface area contributed by atoms with E-state index in [0.717, 1.165) is 17.5 Å². The molecule has 1 N–H and O–H groups in total. The molecule has 0 aliphatic rings. The quantitative estimate of drug-likeness (QED) is 0.502. The third-order valence-electron chi connectivity index (χ3n) is 2.87. The molecule has 0 saturated heterocycles. The second kappa shape index (κ2) is 6.42. The van der Waals surface area contributed by atoms with Crippen molar-refractivity contribution in [3.05, 3.63) is 40.6 Å². The van der Waals surface area contributed by atoms with Gasteiger partial charge in [0.15, 0.2) is 0 Å². The van der Waals surface area contributed by atoms with Gasteiger partial charge in [-0.15, -0.1) is 0 Å². The molecule has 0 spiro atoms. The number of nitro benzene ring substituents is 1. The fourth-order valence-corrected chi connectivity index (χ4v) is 2.51. The number of nitrogens with one attached hydrogen (secondary N) is 1. The summed E-state index contributed by atoms with van der Waals surface area (Å²) in [4.78, 5) is 14.6. The molecule has 1 aromatic carbocycles. The summed E-state index contributed by atoms with van der Waals surface area (Å²) in [5.74, 6) is 0.635. The summed E-state index contributed by atoms with van der Waals surface area (Å²) in [6.07, 6.45) is 4.00. The number of para-hydroxylation sites is 1. The van der Waals surface area contributed by atoms with E-state index in [1.165, 1.54) is 6.07 Å². The zero-order valence-electron chi connectivity index (χ0n) is 11.0. The van der Waals surface area contributed by atoms with E-state index >= 15 is 0 Å². The van der Waals surface area contributed by atoms with Crippen LogP contribution in [0.4, 0.5) is 11.4 Å². The zero-order valence-corrected chi connectivity index (χ0v) is 11.9. The minimum Gasteiger partial charge on any atom is -0.384 e. The zero-order chi connectivity index (χ0) is 14.5. The summed E-state index contributed by atoms with van der Waals surface area (Å²) in [6, 6.07) is 6.68. The third-order valence-corrected chi connectivity index (χ3v) is 3.73. The Bertz CT molecular complexity index is 660. The van der Waals surface area contributed by atoms with Crippen molar-refractivity contribution >= 4 is 33.1 Å². The minimum atomic E-state index is -0.802. The summed E-state index contributed by atoms with van der Waals surface area (Å²) in [5, 5.41) is 14.9. The highest BCUT2D eigenvalue weighted by Gasteiger charge is 2.13. The van der Waals surface area contributed by atoms with E-state index in [2.05, 4.69) is 10.3 Å². The second-order valence-corrected chi connectivity index (χ2v) is 5.90. The Morgan fingerprint density at radius 1 is 1.40 bits per heavy atom. The van der Waals surface area contributed by atoms with Crippen molar-refractivity contribution in [1.82, 2.24) is 4.98 Å². The lowest BCUT2D eigenvalue weighted by molar-refractivity contribution is -0.383. The lowest BCUT2D eigenvalue weighted by Crippen LogP contribution is -2.06. The first-order valence-corrected chi connectivity index (χ1v) is 7.88. The Morgan fingerprint density at radius 2 is 2.20 bits per heavy atom. The molecule has 2 rings (SSSR count). The summed E-state index contributed by atoms with van der Waals surface area (Å²) in [7, 11) is -0.802. The van der Waals surface area contributed by atoms with Gasteiger partial charge in [-0.25, -0.2) is 4.98 Å². The van der Waals surface area contributed by atoms with Crippen LogP contribution >= 0.6 is 0 Å². The van der Waals surface area contributed by atoms with Crippen molar-refractivity contribution in [3.63, 3.8) is 0 Å². The van der Waals surface area contributed by atoms with Gasteiger partial charge in [-0.3, -0.25) is 14.3 Å². The number of hydrogen-bond donors (Lipinski definition) is 1. The first-order chi connectivity index (χ1) is 9.59. The van der Waals surface area contributed by atoms with E-state index in [0.29, 0.717) is 17.8 Å². The van der Waals surface area contributed by atoms with Gasteiger partial charge < -0.3 is 5.32 Å². The number of nitro groups is 1. The molecule has 1 heterocycles. The largest absolute Gasteiger partial charge is 0.384 e. The number of anilines is 1. The number of benzene rings is 1. The predicted molar refractivity (Wildman–Crippen MR) is 80.4 cm³/mol. The summed E-state index contributed by atoms with van der Waals surface area (Å²) in [5.41, 5.74) is 1.18. The van der Waals surface area contributed by atoms with Crippen molar-refractivity contribution in [1.29, 1.82) is 0 Å². The molecule has 0 aliphatic carbocycles. The Hall–Kier alpha value is -2.02. The molecule has 2 aromatic rings. The van der Waals surface area contributed by atoms with Crippen molar-refractivity contribution in [2.24, 2.45) is 0 Å². The number of hydrogen-bond acceptors (Lipinski definition) is 5. The van der Waals surface area contributed by atoms with Crippen LogP contribution in [0.1, 0.15) is 6.42 Å². The van der Waals surface area contributed by atoms with Crippen LogP contribution < -0.4 is 5.32 Å². The van der Waals surface area contributed by atoms with Crippen molar-refractivity contribution in [2.75, 3.05) is 23.9 Å². The Morgan fingerprint density at radius 3 is 2.90 bits per heavy atom. The fraction of sp³-hybridized carbons (Fsp3) is 0.308. The van der Waals surface area contributed by atoms with Crippen molar-refractivity contribution in [3.8, 4) is 0 Å². The lowest BCUT2D eigenvalue weighted by Gasteiger charge is -2.08. The van der Waals surface area contributed by atoms with Crippen LogP contribution in [0.3, 0.4) is 0 Å². The van der Waals surface area contributed by atoms with Gasteiger partial charge in [0, 0.05) is 52.7 Å². The molecule has 0 radical (unpaired) electrons.